The van der Waals surface area contributed by atoms with Crippen LogP contribution in [-0.2, 0) is 16.1 Å². The smallest absolute Gasteiger partial charge is 0.256 e. The Morgan fingerprint density at radius 2 is 2.19 bits per heavy atom. The summed E-state index contributed by atoms with van der Waals surface area (Å²) in [5.74, 6) is -0.822. The largest absolute Gasteiger partial charge is 0.321 e. The molecule has 0 aliphatic carbocycles. The van der Waals surface area contributed by atoms with Crippen molar-refractivity contribution in [3.8, 4) is 0 Å². The Kier molecular flexibility index (Phi) is 1.88. The molecular weight excluding hydrogens is 228 g/mol. The van der Waals surface area contributed by atoms with E-state index in [1.807, 2.05) is 5.38 Å². The minimum atomic E-state index is -0.625. The summed E-state index contributed by atoms with van der Waals surface area (Å²) in [6.07, 6.45) is 0.0829. The first-order chi connectivity index (χ1) is 7.66. The van der Waals surface area contributed by atoms with Gasteiger partial charge in [0.1, 0.15) is 6.04 Å². The molecular formula is C10H8N2O3S. The number of nitrogens with one attached hydrogen (secondary N) is 1. The summed E-state index contributed by atoms with van der Waals surface area (Å²) in [7, 11) is 0. The van der Waals surface area contributed by atoms with E-state index >= 15 is 0 Å². The average Bonchev–Trinajstić information content (AvgIpc) is 2.85. The number of nitrogens with zero attached hydrogens (tertiary/aromatic N) is 1. The number of carbonyl (C=O) groups is 3. The summed E-state index contributed by atoms with van der Waals surface area (Å²) in [6, 6.07) is 1.14. The Morgan fingerprint density at radius 1 is 1.38 bits per heavy atom. The molecule has 1 aromatic rings. The second kappa shape index (κ2) is 3.15. The van der Waals surface area contributed by atoms with E-state index in [2.05, 4.69) is 5.32 Å². The molecule has 3 amide bonds. The summed E-state index contributed by atoms with van der Waals surface area (Å²) in [4.78, 5) is 36.9. The maximum atomic E-state index is 11.9. The molecule has 0 unspecified atom stereocenters. The molecule has 1 N–H and O–H groups in total. The number of fused-ring (bicyclic) bond motifs is 1. The van der Waals surface area contributed by atoms with E-state index in [0.29, 0.717) is 12.1 Å². The van der Waals surface area contributed by atoms with Crippen LogP contribution in [0.1, 0.15) is 21.7 Å². The summed E-state index contributed by atoms with van der Waals surface area (Å²) >= 11 is 1.50. The van der Waals surface area contributed by atoms with Gasteiger partial charge in [-0.1, -0.05) is 0 Å². The van der Waals surface area contributed by atoms with Crippen LogP contribution in [0.4, 0.5) is 0 Å². The van der Waals surface area contributed by atoms with Crippen molar-refractivity contribution >= 4 is 29.1 Å². The van der Waals surface area contributed by atoms with Crippen LogP contribution in [0.5, 0.6) is 0 Å². The molecule has 0 spiro atoms. The maximum Gasteiger partial charge on any atom is 0.256 e. The van der Waals surface area contributed by atoms with Gasteiger partial charge in [0.15, 0.2) is 0 Å². The van der Waals surface area contributed by atoms with Crippen molar-refractivity contribution in [3.05, 3.63) is 21.9 Å². The molecule has 1 aromatic heterocycles. The SMILES string of the molecule is O=C1C[C@H](N2Cc3sccc3C2=O)C(=O)N1. The van der Waals surface area contributed by atoms with Crippen LogP contribution in [0, 0.1) is 0 Å². The summed E-state index contributed by atoms with van der Waals surface area (Å²) in [6.45, 7) is 0.442. The van der Waals surface area contributed by atoms with Gasteiger partial charge in [-0.25, -0.2) is 0 Å². The third-order valence-corrected chi connectivity index (χ3v) is 3.78. The molecule has 0 aromatic carbocycles. The highest BCUT2D eigenvalue weighted by molar-refractivity contribution is 7.10. The second-order valence-corrected chi connectivity index (χ2v) is 4.82. The molecule has 1 fully saturated rings. The number of hydrogen-bond donors (Lipinski definition) is 1. The van der Waals surface area contributed by atoms with Crippen LogP contribution in [0.25, 0.3) is 0 Å². The lowest BCUT2D eigenvalue weighted by atomic mass is 10.2. The van der Waals surface area contributed by atoms with Gasteiger partial charge in [-0.3, -0.25) is 19.7 Å². The first-order valence-electron chi connectivity index (χ1n) is 4.88. The zero-order chi connectivity index (χ0) is 11.3. The van der Waals surface area contributed by atoms with Crippen molar-refractivity contribution in [1.82, 2.24) is 10.2 Å². The zero-order valence-electron chi connectivity index (χ0n) is 8.23. The molecule has 1 saturated heterocycles. The van der Waals surface area contributed by atoms with Gasteiger partial charge in [0.2, 0.25) is 11.8 Å². The first-order valence-corrected chi connectivity index (χ1v) is 5.76. The molecule has 1 atom stereocenters. The van der Waals surface area contributed by atoms with Crippen LogP contribution in [0.3, 0.4) is 0 Å². The first kappa shape index (κ1) is 9.53. The van der Waals surface area contributed by atoms with Crippen molar-refractivity contribution in [2.75, 3.05) is 0 Å². The highest BCUT2D eigenvalue weighted by Crippen LogP contribution is 2.30. The Labute approximate surface area is 95.0 Å². The predicted octanol–water partition coefficient (Wildman–Crippen LogP) is 0.119. The maximum absolute atomic E-state index is 11.9. The second-order valence-electron chi connectivity index (χ2n) is 3.82. The predicted molar refractivity (Wildman–Crippen MR) is 55.7 cm³/mol. The molecule has 6 heteroatoms. The zero-order valence-corrected chi connectivity index (χ0v) is 9.04. The van der Waals surface area contributed by atoms with Crippen LogP contribution in [-0.4, -0.2) is 28.7 Å². The van der Waals surface area contributed by atoms with Crippen LogP contribution in [0.15, 0.2) is 11.4 Å². The quantitative estimate of drug-likeness (QED) is 0.704. The van der Waals surface area contributed by atoms with Gasteiger partial charge in [-0.2, -0.15) is 0 Å². The van der Waals surface area contributed by atoms with E-state index in [1.54, 1.807) is 6.07 Å². The molecule has 2 aliphatic heterocycles. The van der Waals surface area contributed by atoms with Crippen molar-refractivity contribution < 1.29 is 14.4 Å². The van der Waals surface area contributed by atoms with Gasteiger partial charge in [-0.15, -0.1) is 11.3 Å². The van der Waals surface area contributed by atoms with Gasteiger partial charge in [-0.05, 0) is 11.4 Å². The van der Waals surface area contributed by atoms with E-state index < -0.39 is 6.04 Å². The lowest BCUT2D eigenvalue weighted by Crippen LogP contribution is -2.40. The molecule has 16 heavy (non-hydrogen) atoms. The Morgan fingerprint density at radius 3 is 2.81 bits per heavy atom. The fraction of sp³-hybridized carbons (Fsp3) is 0.300. The van der Waals surface area contributed by atoms with Crippen LogP contribution >= 0.6 is 11.3 Å². The van der Waals surface area contributed by atoms with E-state index in [0.717, 1.165) is 4.88 Å². The highest BCUT2D eigenvalue weighted by Gasteiger charge is 2.41. The molecule has 82 valence electrons. The van der Waals surface area contributed by atoms with Gasteiger partial charge in [0, 0.05) is 4.88 Å². The number of imide groups is 1. The third kappa shape index (κ3) is 1.19. The van der Waals surface area contributed by atoms with Crippen molar-refractivity contribution in [2.45, 2.75) is 19.0 Å². The Balaban J connectivity index is 1.89. The highest BCUT2D eigenvalue weighted by atomic mass is 32.1. The third-order valence-electron chi connectivity index (χ3n) is 2.87. The topological polar surface area (TPSA) is 66.5 Å². The number of thiophene rings is 1. The molecule has 3 rings (SSSR count). The molecule has 2 aliphatic rings. The Hall–Kier alpha value is -1.69. The molecule has 5 nitrogen and oxygen atoms in total. The molecule has 0 saturated carbocycles. The fourth-order valence-electron chi connectivity index (χ4n) is 2.08. The van der Waals surface area contributed by atoms with Crippen molar-refractivity contribution in [2.24, 2.45) is 0 Å². The monoisotopic (exact) mass is 236 g/mol. The molecule has 3 heterocycles. The number of carbonyl (C=O) groups excluding carboxylic acids is 3. The fourth-order valence-corrected chi connectivity index (χ4v) is 2.94. The van der Waals surface area contributed by atoms with E-state index in [9.17, 15) is 14.4 Å². The Bertz CT molecular complexity index is 508. The van der Waals surface area contributed by atoms with E-state index in [-0.39, 0.29) is 24.1 Å². The molecule has 0 radical (unpaired) electrons. The van der Waals surface area contributed by atoms with Crippen LogP contribution in [0.2, 0.25) is 0 Å². The normalized spacial score (nSPS) is 23.9. The lowest BCUT2D eigenvalue weighted by molar-refractivity contribution is -0.126. The van der Waals surface area contributed by atoms with Gasteiger partial charge < -0.3 is 4.90 Å². The van der Waals surface area contributed by atoms with E-state index in [4.69, 9.17) is 0 Å². The average molecular weight is 236 g/mol. The summed E-state index contributed by atoms with van der Waals surface area (Å²) < 4.78 is 0. The number of amides is 3. The molecule has 0 bridgehead atoms. The van der Waals surface area contributed by atoms with Crippen molar-refractivity contribution in [1.29, 1.82) is 0 Å². The summed E-state index contributed by atoms with van der Waals surface area (Å²) in [5.41, 5.74) is 0.664. The summed E-state index contributed by atoms with van der Waals surface area (Å²) in [5, 5.41) is 4.08. The van der Waals surface area contributed by atoms with Gasteiger partial charge >= 0.3 is 0 Å². The van der Waals surface area contributed by atoms with Crippen molar-refractivity contribution in [3.63, 3.8) is 0 Å². The van der Waals surface area contributed by atoms with Gasteiger partial charge in [0.05, 0.1) is 18.5 Å². The van der Waals surface area contributed by atoms with E-state index in [1.165, 1.54) is 16.2 Å². The van der Waals surface area contributed by atoms with Gasteiger partial charge in [0.25, 0.3) is 5.91 Å². The number of hydrogen-bond acceptors (Lipinski definition) is 4. The lowest BCUT2D eigenvalue weighted by Gasteiger charge is -2.20. The minimum Gasteiger partial charge on any atom is -0.321 e. The van der Waals surface area contributed by atoms with Crippen LogP contribution < -0.4 is 5.32 Å². The minimum absolute atomic E-state index is 0.0829. The standard InChI is InChI=1S/C10H8N2O3S/c13-8-3-6(9(14)11-8)12-4-7-5(10(12)15)1-2-16-7/h1-2,6H,3-4H2,(H,11,13,14)/t6-/m0/s1. The number of rotatable bonds is 1.